The highest BCUT2D eigenvalue weighted by molar-refractivity contribution is 7.12. The summed E-state index contributed by atoms with van der Waals surface area (Å²) in [7, 11) is 0. The largest absolute Gasteiger partial charge is 0.478 e. The molecule has 2 fully saturated rings. The quantitative estimate of drug-likeness (QED) is 0.195. The number of nitrogens with zero attached hydrogens (tertiary/aromatic N) is 4. The molecule has 9 nitrogen and oxygen atoms in total. The molecule has 1 atom stereocenters. The molecule has 1 saturated carbocycles. The summed E-state index contributed by atoms with van der Waals surface area (Å²) in [6.07, 6.45) is 4.73. The zero-order valence-corrected chi connectivity index (χ0v) is 25.3. The zero-order chi connectivity index (χ0) is 31.8. The van der Waals surface area contributed by atoms with Gasteiger partial charge < -0.3 is 24.3 Å². The second-order valence-electron chi connectivity index (χ2n) is 11.4. The SMILES string of the molecule is O=C(O)c1ccc2nc(Cc3cc(F)c(-c4cccc(OCc5ncc(C#CC6(O)CCC6)s5)n4)cc3F)n(CC3CCO3)c2c1. The van der Waals surface area contributed by atoms with Crippen LogP contribution in [-0.2, 0) is 24.3 Å². The molecule has 5 aromatic rings. The summed E-state index contributed by atoms with van der Waals surface area (Å²) in [6, 6.07) is 11.7. The topological polar surface area (TPSA) is 120 Å². The molecule has 2 aromatic carbocycles. The number of carboxylic acids is 1. The van der Waals surface area contributed by atoms with Crippen LogP contribution in [0.5, 0.6) is 5.88 Å². The van der Waals surface area contributed by atoms with Crippen molar-refractivity contribution in [1.82, 2.24) is 19.5 Å². The number of halogens is 2. The van der Waals surface area contributed by atoms with Crippen LogP contribution in [-0.4, -0.2) is 54.0 Å². The smallest absolute Gasteiger partial charge is 0.335 e. The average Bonchev–Trinajstić information content (AvgIpc) is 3.61. The van der Waals surface area contributed by atoms with Crippen molar-refractivity contribution < 1.29 is 33.3 Å². The van der Waals surface area contributed by atoms with Gasteiger partial charge in [-0.15, -0.1) is 11.3 Å². The van der Waals surface area contributed by atoms with Crippen molar-refractivity contribution >= 4 is 28.3 Å². The van der Waals surface area contributed by atoms with E-state index < -0.39 is 23.2 Å². The van der Waals surface area contributed by atoms with E-state index in [4.69, 9.17) is 9.47 Å². The number of aromatic carboxylic acids is 1. The fraction of sp³-hybridized carbons (Fsp3) is 0.294. The first-order valence-corrected chi connectivity index (χ1v) is 15.7. The number of rotatable bonds is 9. The number of pyridine rings is 1. The number of aliphatic hydroxyl groups is 1. The van der Waals surface area contributed by atoms with Gasteiger partial charge in [-0.1, -0.05) is 17.9 Å². The number of carbonyl (C=O) groups is 1. The summed E-state index contributed by atoms with van der Waals surface area (Å²) < 4.78 is 44.3. The summed E-state index contributed by atoms with van der Waals surface area (Å²) in [4.78, 5) is 25.6. The third-order valence-corrected chi connectivity index (χ3v) is 9.12. The summed E-state index contributed by atoms with van der Waals surface area (Å²) >= 11 is 1.35. The molecule has 2 aliphatic rings. The second kappa shape index (κ2) is 12.2. The highest BCUT2D eigenvalue weighted by Gasteiger charge is 2.32. The van der Waals surface area contributed by atoms with Gasteiger partial charge in [0.1, 0.15) is 34.7 Å². The van der Waals surface area contributed by atoms with Gasteiger partial charge in [-0.25, -0.2) is 28.5 Å². The van der Waals surface area contributed by atoms with Gasteiger partial charge in [0, 0.05) is 24.7 Å². The van der Waals surface area contributed by atoms with Gasteiger partial charge in [-0.3, -0.25) is 0 Å². The van der Waals surface area contributed by atoms with E-state index in [0.29, 0.717) is 47.9 Å². The number of hydrogen-bond acceptors (Lipinski definition) is 8. The van der Waals surface area contributed by atoms with Crippen molar-refractivity contribution in [2.45, 2.75) is 57.0 Å². The zero-order valence-electron chi connectivity index (χ0n) is 24.5. The number of hydrogen-bond donors (Lipinski definition) is 2. The van der Waals surface area contributed by atoms with E-state index in [1.165, 1.54) is 23.5 Å². The summed E-state index contributed by atoms with van der Waals surface area (Å²) in [5.74, 6) is 4.23. The molecule has 0 radical (unpaired) electrons. The Labute approximate surface area is 266 Å². The molecule has 3 aromatic heterocycles. The Morgan fingerprint density at radius 1 is 1.15 bits per heavy atom. The van der Waals surface area contributed by atoms with Crippen LogP contribution in [0.25, 0.3) is 22.3 Å². The maximum absolute atomic E-state index is 15.5. The van der Waals surface area contributed by atoms with Crippen LogP contribution in [0.3, 0.4) is 0 Å². The molecule has 4 heterocycles. The number of fused-ring (bicyclic) bond motifs is 1. The van der Waals surface area contributed by atoms with Gasteiger partial charge in [-0.05, 0) is 67.6 Å². The monoisotopic (exact) mass is 642 g/mol. The second-order valence-corrected chi connectivity index (χ2v) is 12.5. The standard InChI is InChI=1S/C34H28F2N4O5S/c35-25-16-24(27-3-1-4-31(39-27)45-19-32-37-17-23(46-32)7-11-34(43)9-2-10-34)26(36)13-21(25)15-30-38-28-6-5-20(33(41)42)14-29(28)40(30)18-22-8-12-44-22/h1,3-6,13-14,16-17,22,43H,2,8-10,12,15,18-19H2,(H,41,42). The van der Waals surface area contributed by atoms with Crippen LogP contribution in [0.2, 0.25) is 0 Å². The molecule has 12 heteroatoms. The van der Waals surface area contributed by atoms with Crippen LogP contribution < -0.4 is 4.74 Å². The van der Waals surface area contributed by atoms with Crippen molar-refractivity contribution in [2.75, 3.05) is 6.61 Å². The summed E-state index contributed by atoms with van der Waals surface area (Å²) in [5.41, 5.74) is 0.661. The van der Waals surface area contributed by atoms with Crippen LogP contribution in [0, 0.1) is 23.5 Å². The number of ether oxygens (including phenoxy) is 2. The predicted octanol–water partition coefficient (Wildman–Crippen LogP) is 5.76. The molecule has 1 unspecified atom stereocenters. The normalized spacial score (nSPS) is 16.7. The van der Waals surface area contributed by atoms with Gasteiger partial charge in [0.2, 0.25) is 5.88 Å². The molecule has 1 saturated heterocycles. The molecule has 0 amide bonds. The summed E-state index contributed by atoms with van der Waals surface area (Å²) in [5, 5.41) is 20.3. The molecule has 1 aliphatic heterocycles. The Morgan fingerprint density at radius 3 is 2.74 bits per heavy atom. The Hall–Kier alpha value is -4.70. The average molecular weight is 643 g/mol. The van der Waals surface area contributed by atoms with Crippen molar-refractivity contribution in [2.24, 2.45) is 0 Å². The number of thiazole rings is 1. The lowest BCUT2D eigenvalue weighted by molar-refractivity contribution is -0.0589. The molecular weight excluding hydrogens is 614 g/mol. The lowest BCUT2D eigenvalue weighted by atomic mass is 9.81. The van der Waals surface area contributed by atoms with Gasteiger partial charge >= 0.3 is 5.97 Å². The Bertz CT molecular complexity index is 2020. The third-order valence-electron chi connectivity index (χ3n) is 8.23. The summed E-state index contributed by atoms with van der Waals surface area (Å²) in [6.45, 7) is 1.18. The number of imidazole rings is 1. The Balaban J connectivity index is 1.09. The molecule has 1 aliphatic carbocycles. The van der Waals surface area contributed by atoms with E-state index in [0.717, 1.165) is 29.9 Å². The highest BCUT2D eigenvalue weighted by atomic mass is 32.1. The molecule has 234 valence electrons. The van der Waals surface area contributed by atoms with E-state index in [-0.39, 0.29) is 47.4 Å². The molecular formula is C34H28F2N4O5S. The lowest BCUT2D eigenvalue weighted by Crippen LogP contribution is -2.34. The van der Waals surface area contributed by atoms with Crippen molar-refractivity contribution in [3.8, 4) is 29.0 Å². The number of benzene rings is 2. The van der Waals surface area contributed by atoms with Gasteiger partial charge in [-0.2, -0.15) is 0 Å². The first kappa shape index (κ1) is 30.0. The highest BCUT2D eigenvalue weighted by Crippen LogP contribution is 2.31. The van der Waals surface area contributed by atoms with E-state index in [1.54, 1.807) is 30.5 Å². The van der Waals surface area contributed by atoms with Crippen LogP contribution in [0.1, 0.15) is 57.3 Å². The van der Waals surface area contributed by atoms with E-state index in [2.05, 4.69) is 26.8 Å². The molecule has 7 rings (SSSR count). The first-order chi connectivity index (χ1) is 22.2. The lowest BCUT2D eigenvalue weighted by Gasteiger charge is -2.30. The first-order valence-electron chi connectivity index (χ1n) is 14.9. The minimum atomic E-state index is -1.06. The van der Waals surface area contributed by atoms with Gasteiger partial charge in [0.05, 0.1) is 46.0 Å². The van der Waals surface area contributed by atoms with Crippen molar-refractivity contribution in [3.63, 3.8) is 0 Å². The van der Waals surface area contributed by atoms with Gasteiger partial charge in [0.15, 0.2) is 0 Å². The van der Waals surface area contributed by atoms with Crippen LogP contribution in [0.4, 0.5) is 8.78 Å². The van der Waals surface area contributed by atoms with Crippen molar-refractivity contribution in [3.05, 3.63) is 93.2 Å². The van der Waals surface area contributed by atoms with E-state index in [9.17, 15) is 15.0 Å². The predicted molar refractivity (Wildman–Crippen MR) is 166 cm³/mol. The number of carboxylic acid groups (broad SMARTS) is 1. The fourth-order valence-corrected chi connectivity index (χ4v) is 6.08. The van der Waals surface area contributed by atoms with E-state index in [1.807, 2.05) is 4.57 Å². The Morgan fingerprint density at radius 2 is 2.00 bits per heavy atom. The minimum absolute atomic E-state index is 0.0110. The number of aromatic nitrogens is 4. The van der Waals surface area contributed by atoms with Crippen LogP contribution >= 0.6 is 11.3 Å². The fourth-order valence-electron chi connectivity index (χ4n) is 5.40. The molecule has 46 heavy (non-hydrogen) atoms. The maximum Gasteiger partial charge on any atom is 0.335 e. The third kappa shape index (κ3) is 6.22. The van der Waals surface area contributed by atoms with Crippen molar-refractivity contribution in [1.29, 1.82) is 0 Å². The molecule has 0 spiro atoms. The van der Waals surface area contributed by atoms with Gasteiger partial charge in [0.25, 0.3) is 0 Å². The minimum Gasteiger partial charge on any atom is -0.478 e. The van der Waals surface area contributed by atoms with Crippen LogP contribution in [0.15, 0.2) is 54.7 Å². The van der Waals surface area contributed by atoms with E-state index >= 15 is 8.78 Å². The molecule has 0 bridgehead atoms. The Kier molecular flexibility index (Phi) is 7.98. The molecule has 2 N–H and O–H groups in total. The maximum atomic E-state index is 15.5.